The summed E-state index contributed by atoms with van der Waals surface area (Å²) in [7, 11) is 0. The number of thiophene rings is 1. The highest BCUT2D eigenvalue weighted by atomic mass is 32.1. The molecule has 4 N–H and O–H groups in total. The van der Waals surface area contributed by atoms with Crippen LogP contribution < -0.4 is 10.9 Å². The number of hydrogen-bond donors (Lipinski definition) is 4. The minimum Gasteiger partial charge on any atom is -0.501 e. The molecule has 3 aromatic rings. The van der Waals surface area contributed by atoms with Gasteiger partial charge in [0.25, 0.3) is 5.56 Å². The van der Waals surface area contributed by atoms with Gasteiger partial charge in [0.05, 0.1) is 17.1 Å². The highest BCUT2D eigenvalue weighted by molar-refractivity contribution is 7.14. The summed E-state index contributed by atoms with van der Waals surface area (Å²) in [6, 6.07) is 11.2. The van der Waals surface area contributed by atoms with Crippen molar-refractivity contribution in [1.82, 2.24) is 14.9 Å². The van der Waals surface area contributed by atoms with Gasteiger partial charge in [0, 0.05) is 18.9 Å². The lowest BCUT2D eigenvalue weighted by Gasteiger charge is -2.16. The molecule has 11 heteroatoms. The molecule has 2 amide bonds. The topological polar surface area (TPSA) is 153 Å². The van der Waals surface area contributed by atoms with E-state index < -0.39 is 28.9 Å². The van der Waals surface area contributed by atoms with Crippen LogP contribution in [0.4, 0.5) is 5.69 Å². The summed E-state index contributed by atoms with van der Waals surface area (Å²) in [5.74, 6) is -3.19. The fourth-order valence-electron chi connectivity index (χ4n) is 3.55. The van der Waals surface area contributed by atoms with E-state index in [1.54, 1.807) is 11.4 Å². The maximum atomic E-state index is 12.6. The Balaban J connectivity index is 1.48. The van der Waals surface area contributed by atoms with E-state index >= 15 is 0 Å². The van der Waals surface area contributed by atoms with Crippen LogP contribution in [0.15, 0.2) is 46.6 Å². The van der Waals surface area contributed by atoms with Crippen LogP contribution in [-0.2, 0) is 9.59 Å². The molecule has 1 aromatic carbocycles. The average molecular weight is 454 g/mol. The Kier molecular flexibility index (Phi) is 5.73. The zero-order valence-electron chi connectivity index (χ0n) is 16.6. The van der Waals surface area contributed by atoms with E-state index in [1.165, 1.54) is 4.90 Å². The van der Waals surface area contributed by atoms with Crippen molar-refractivity contribution in [3.05, 3.63) is 63.4 Å². The van der Waals surface area contributed by atoms with Gasteiger partial charge in [0.15, 0.2) is 11.5 Å². The second kappa shape index (κ2) is 8.63. The van der Waals surface area contributed by atoms with E-state index in [-0.39, 0.29) is 24.2 Å². The van der Waals surface area contributed by atoms with Crippen LogP contribution in [0.1, 0.15) is 28.4 Å². The standard InChI is InChI=1S/C21H18N4O6S/c26-14(10-25-9-12(8-15(25)27)11-4-2-1-3-5-11)22-13-6-7-32-18(13)19-23-16(21(30)31)17(28)20(29)24-19/h1-7,12,28H,8-10H2,(H,22,26)(H,30,31)(H,23,24,29). The largest absolute Gasteiger partial charge is 0.501 e. The number of hydrogen-bond acceptors (Lipinski definition) is 7. The number of nitrogens with zero attached hydrogens (tertiary/aromatic N) is 2. The number of aromatic hydroxyl groups is 1. The first-order valence-corrected chi connectivity index (χ1v) is 10.5. The highest BCUT2D eigenvalue weighted by Crippen LogP contribution is 2.32. The van der Waals surface area contributed by atoms with Crippen molar-refractivity contribution in [1.29, 1.82) is 0 Å². The fraction of sp³-hybridized carbons (Fsp3) is 0.190. The first kappa shape index (κ1) is 21.2. The van der Waals surface area contributed by atoms with Crippen LogP contribution in [0.2, 0.25) is 0 Å². The molecule has 4 rings (SSSR count). The molecule has 0 saturated carbocycles. The molecule has 1 fully saturated rings. The third-order valence-corrected chi connectivity index (χ3v) is 5.99. The number of carboxylic acids is 1. The van der Waals surface area contributed by atoms with Crippen LogP contribution in [0.5, 0.6) is 5.75 Å². The Morgan fingerprint density at radius 3 is 2.69 bits per heavy atom. The van der Waals surface area contributed by atoms with E-state index in [0.717, 1.165) is 16.9 Å². The molecule has 1 saturated heterocycles. The number of carbonyl (C=O) groups excluding carboxylic acids is 2. The van der Waals surface area contributed by atoms with Crippen LogP contribution in [0, 0.1) is 0 Å². The zero-order chi connectivity index (χ0) is 22.8. The summed E-state index contributed by atoms with van der Waals surface area (Å²) in [6.45, 7) is 0.291. The quantitative estimate of drug-likeness (QED) is 0.443. The van der Waals surface area contributed by atoms with Crippen molar-refractivity contribution >= 4 is 34.8 Å². The summed E-state index contributed by atoms with van der Waals surface area (Å²) >= 11 is 1.12. The third kappa shape index (κ3) is 4.23. The van der Waals surface area contributed by atoms with Crippen LogP contribution >= 0.6 is 11.3 Å². The minimum atomic E-state index is -1.56. The number of carboxylic acid groups (broad SMARTS) is 1. The Morgan fingerprint density at radius 2 is 1.97 bits per heavy atom. The highest BCUT2D eigenvalue weighted by Gasteiger charge is 2.31. The van der Waals surface area contributed by atoms with Crippen molar-refractivity contribution in [3.8, 4) is 16.5 Å². The summed E-state index contributed by atoms with van der Waals surface area (Å²) < 4.78 is 0. The molecule has 1 atom stereocenters. The predicted molar refractivity (Wildman–Crippen MR) is 116 cm³/mol. The Hall–Kier alpha value is -3.99. The van der Waals surface area contributed by atoms with Crippen LogP contribution in [0.3, 0.4) is 0 Å². The molecule has 0 spiro atoms. The Labute approximate surface area is 185 Å². The maximum Gasteiger partial charge on any atom is 0.358 e. The number of aromatic nitrogens is 2. The monoisotopic (exact) mass is 454 g/mol. The lowest BCUT2D eigenvalue weighted by molar-refractivity contribution is -0.131. The van der Waals surface area contributed by atoms with E-state index in [0.29, 0.717) is 23.5 Å². The van der Waals surface area contributed by atoms with Gasteiger partial charge < -0.3 is 25.4 Å². The van der Waals surface area contributed by atoms with Gasteiger partial charge in [-0.1, -0.05) is 30.3 Å². The molecule has 32 heavy (non-hydrogen) atoms. The van der Waals surface area contributed by atoms with Crippen molar-refractivity contribution in [2.45, 2.75) is 12.3 Å². The van der Waals surface area contributed by atoms with Gasteiger partial charge in [-0.25, -0.2) is 9.78 Å². The molecule has 1 aliphatic rings. The summed E-state index contributed by atoms with van der Waals surface area (Å²) in [4.78, 5) is 56.0. The third-order valence-electron chi connectivity index (χ3n) is 5.07. The van der Waals surface area contributed by atoms with Crippen molar-refractivity contribution in [3.63, 3.8) is 0 Å². The molecule has 3 heterocycles. The van der Waals surface area contributed by atoms with Gasteiger partial charge in [0.2, 0.25) is 17.6 Å². The first-order chi connectivity index (χ1) is 15.3. The smallest absolute Gasteiger partial charge is 0.358 e. The van der Waals surface area contributed by atoms with Gasteiger partial charge in [-0.2, -0.15) is 0 Å². The number of amides is 2. The number of carbonyl (C=O) groups is 3. The van der Waals surface area contributed by atoms with Gasteiger partial charge in [-0.05, 0) is 17.0 Å². The predicted octanol–water partition coefficient (Wildman–Crippen LogP) is 1.86. The molecule has 0 aliphatic carbocycles. The van der Waals surface area contributed by atoms with E-state index in [2.05, 4.69) is 15.3 Å². The summed E-state index contributed by atoms with van der Waals surface area (Å²) in [5, 5.41) is 23.0. The van der Waals surface area contributed by atoms with Crippen molar-refractivity contribution < 1.29 is 24.6 Å². The number of likely N-dealkylation sites (tertiary alicyclic amines) is 1. The molecule has 1 aliphatic heterocycles. The van der Waals surface area contributed by atoms with Gasteiger partial charge in [0.1, 0.15) is 0 Å². The average Bonchev–Trinajstić information content (AvgIpc) is 3.37. The lowest BCUT2D eigenvalue weighted by Crippen LogP contribution is -2.34. The molecule has 0 bridgehead atoms. The Morgan fingerprint density at radius 1 is 1.22 bits per heavy atom. The molecule has 164 valence electrons. The number of nitrogens with one attached hydrogen (secondary N) is 2. The second-order valence-corrected chi connectivity index (χ2v) is 8.13. The van der Waals surface area contributed by atoms with E-state index in [4.69, 9.17) is 5.11 Å². The lowest BCUT2D eigenvalue weighted by atomic mass is 9.99. The number of anilines is 1. The minimum absolute atomic E-state index is 0.0221. The van der Waals surface area contributed by atoms with E-state index in [1.807, 2.05) is 30.3 Å². The summed E-state index contributed by atoms with van der Waals surface area (Å²) in [5.41, 5.74) is -0.450. The van der Waals surface area contributed by atoms with E-state index in [9.17, 15) is 24.3 Å². The maximum absolute atomic E-state index is 12.6. The second-order valence-electron chi connectivity index (χ2n) is 7.21. The summed E-state index contributed by atoms with van der Waals surface area (Å²) in [6.07, 6.45) is 0.331. The molecular formula is C21H18N4O6S. The van der Waals surface area contributed by atoms with Gasteiger partial charge in [-0.15, -0.1) is 11.3 Å². The Bertz CT molecular complexity index is 1250. The molecule has 2 aromatic heterocycles. The number of H-pyrrole nitrogens is 1. The van der Waals surface area contributed by atoms with Crippen LogP contribution in [0.25, 0.3) is 10.7 Å². The number of aromatic amines is 1. The van der Waals surface area contributed by atoms with Gasteiger partial charge >= 0.3 is 5.97 Å². The molecule has 1 unspecified atom stereocenters. The van der Waals surface area contributed by atoms with Crippen LogP contribution in [-0.4, -0.2) is 56.0 Å². The molecular weight excluding hydrogens is 436 g/mol. The number of aromatic carboxylic acids is 1. The fourth-order valence-corrected chi connectivity index (χ4v) is 4.35. The number of benzene rings is 1. The van der Waals surface area contributed by atoms with Crippen molar-refractivity contribution in [2.24, 2.45) is 0 Å². The molecule has 0 radical (unpaired) electrons. The molecule has 10 nitrogen and oxygen atoms in total. The normalized spacial score (nSPS) is 15.7. The van der Waals surface area contributed by atoms with Gasteiger partial charge in [-0.3, -0.25) is 14.4 Å². The number of rotatable bonds is 6. The van der Waals surface area contributed by atoms with Crippen molar-refractivity contribution in [2.75, 3.05) is 18.4 Å². The SMILES string of the molecule is O=C(CN1CC(c2ccccc2)CC1=O)Nc1ccsc1-c1nc(C(=O)O)c(O)c(=O)[nH]1. The first-order valence-electron chi connectivity index (χ1n) is 9.60. The zero-order valence-corrected chi connectivity index (χ0v) is 17.4.